The second-order valence-corrected chi connectivity index (χ2v) is 10.9. The van der Waals surface area contributed by atoms with Crippen LogP contribution in [0.4, 0.5) is 26.3 Å². The highest BCUT2D eigenvalue weighted by molar-refractivity contribution is 5.52. The second-order valence-electron chi connectivity index (χ2n) is 10.9. The SMILES string of the molecule is C[C@@H]1Cc2cc3c(cc2[C@@H](C2(C)C(F)=CC(N[C@H]4CCN(CCCF)C4)=CC2F)N1CC(F)(F)F)OCO3. The van der Waals surface area contributed by atoms with Gasteiger partial charge in [0.15, 0.2) is 11.5 Å². The summed E-state index contributed by atoms with van der Waals surface area (Å²) in [6, 6.07) is 1.38. The number of rotatable bonds is 7. The van der Waals surface area contributed by atoms with Gasteiger partial charge in [0.2, 0.25) is 6.79 Å². The predicted molar refractivity (Wildman–Crippen MR) is 130 cm³/mol. The molecule has 0 saturated carbocycles. The van der Waals surface area contributed by atoms with E-state index >= 15 is 8.78 Å². The minimum absolute atomic E-state index is 0.0217. The first-order chi connectivity index (χ1) is 18.0. The Morgan fingerprint density at radius 3 is 2.61 bits per heavy atom. The van der Waals surface area contributed by atoms with Crippen molar-refractivity contribution in [1.29, 1.82) is 0 Å². The molecule has 0 spiro atoms. The molecule has 5 atom stereocenters. The molecule has 2 unspecified atom stereocenters. The number of ether oxygens (including phenoxy) is 2. The van der Waals surface area contributed by atoms with Crippen molar-refractivity contribution in [3.8, 4) is 11.5 Å². The zero-order chi connectivity index (χ0) is 27.2. The molecule has 3 aliphatic heterocycles. The number of likely N-dealkylation sites (tertiary alicyclic amines) is 1. The van der Waals surface area contributed by atoms with Gasteiger partial charge in [0.1, 0.15) is 12.0 Å². The van der Waals surface area contributed by atoms with Gasteiger partial charge in [0.05, 0.1) is 24.7 Å². The van der Waals surface area contributed by atoms with E-state index in [-0.39, 0.29) is 25.0 Å². The van der Waals surface area contributed by atoms with E-state index in [1.54, 1.807) is 19.1 Å². The van der Waals surface area contributed by atoms with E-state index in [0.717, 1.165) is 17.9 Å². The van der Waals surface area contributed by atoms with Gasteiger partial charge in [-0.1, -0.05) is 0 Å². The Balaban J connectivity index is 1.46. The lowest BCUT2D eigenvalue weighted by Crippen LogP contribution is -2.54. The fraction of sp³-hybridized carbons (Fsp3) is 0.630. The van der Waals surface area contributed by atoms with Crippen LogP contribution in [0.1, 0.15) is 43.9 Å². The van der Waals surface area contributed by atoms with E-state index in [2.05, 4.69) is 10.2 Å². The van der Waals surface area contributed by atoms with Crippen molar-refractivity contribution in [2.24, 2.45) is 5.41 Å². The Bertz CT molecular complexity index is 1110. The van der Waals surface area contributed by atoms with Gasteiger partial charge in [-0.25, -0.2) is 8.78 Å². The lowest BCUT2D eigenvalue weighted by molar-refractivity contribution is -0.166. The monoisotopic (exact) mass is 545 g/mol. The van der Waals surface area contributed by atoms with Crippen LogP contribution in [0.15, 0.2) is 35.8 Å². The average Bonchev–Trinajstić information content (AvgIpc) is 3.48. The third-order valence-corrected chi connectivity index (χ3v) is 8.22. The molecule has 11 heteroatoms. The smallest absolute Gasteiger partial charge is 0.401 e. The van der Waals surface area contributed by atoms with Gasteiger partial charge in [-0.15, -0.1) is 0 Å². The Morgan fingerprint density at radius 1 is 1.18 bits per heavy atom. The molecule has 38 heavy (non-hydrogen) atoms. The summed E-state index contributed by atoms with van der Waals surface area (Å²) in [7, 11) is 0. The van der Waals surface area contributed by atoms with Crippen molar-refractivity contribution in [2.45, 2.75) is 63.6 Å². The highest BCUT2D eigenvalue weighted by Crippen LogP contribution is 2.55. The molecule has 1 aromatic carbocycles. The number of alkyl halides is 5. The molecular weight excluding hydrogens is 512 g/mol. The molecule has 0 amide bonds. The minimum Gasteiger partial charge on any atom is -0.454 e. The zero-order valence-electron chi connectivity index (χ0n) is 21.5. The summed E-state index contributed by atoms with van der Waals surface area (Å²) in [6.07, 6.45) is -2.53. The molecule has 0 radical (unpaired) electrons. The summed E-state index contributed by atoms with van der Waals surface area (Å²) < 4.78 is 96.8. The molecule has 1 aliphatic carbocycles. The van der Waals surface area contributed by atoms with Crippen LogP contribution in [0.25, 0.3) is 0 Å². The van der Waals surface area contributed by atoms with Crippen LogP contribution >= 0.6 is 0 Å². The molecule has 1 fully saturated rings. The third-order valence-electron chi connectivity index (χ3n) is 8.22. The van der Waals surface area contributed by atoms with Crippen LogP contribution in [0.5, 0.6) is 11.5 Å². The first kappa shape index (κ1) is 27.2. The van der Waals surface area contributed by atoms with E-state index in [4.69, 9.17) is 9.47 Å². The van der Waals surface area contributed by atoms with Crippen LogP contribution in [0.2, 0.25) is 0 Å². The van der Waals surface area contributed by atoms with Crippen molar-refractivity contribution in [1.82, 2.24) is 15.1 Å². The Labute approximate surface area is 218 Å². The lowest BCUT2D eigenvalue weighted by Gasteiger charge is -2.51. The Kier molecular flexibility index (Phi) is 7.36. The average molecular weight is 546 g/mol. The van der Waals surface area contributed by atoms with E-state index < -0.39 is 48.9 Å². The molecule has 1 saturated heterocycles. The topological polar surface area (TPSA) is 37.0 Å². The summed E-state index contributed by atoms with van der Waals surface area (Å²) in [6.45, 7) is 3.28. The number of halogens is 6. The minimum atomic E-state index is -4.56. The highest BCUT2D eigenvalue weighted by atomic mass is 19.4. The number of nitrogens with zero attached hydrogens (tertiary/aromatic N) is 2. The van der Waals surface area contributed by atoms with E-state index in [0.29, 0.717) is 42.1 Å². The Hall–Kier alpha value is -2.40. The normalized spacial score (nSPS) is 31.7. The molecule has 5 rings (SSSR count). The molecule has 0 aromatic heterocycles. The first-order valence-corrected chi connectivity index (χ1v) is 13.0. The van der Waals surface area contributed by atoms with Gasteiger partial charge in [0, 0.05) is 37.4 Å². The molecule has 210 valence electrons. The van der Waals surface area contributed by atoms with Crippen LogP contribution in [0.3, 0.4) is 0 Å². The molecule has 4 aliphatic rings. The van der Waals surface area contributed by atoms with Crippen molar-refractivity contribution in [2.75, 3.05) is 39.6 Å². The summed E-state index contributed by atoms with van der Waals surface area (Å²) in [4.78, 5) is 3.26. The summed E-state index contributed by atoms with van der Waals surface area (Å²) in [5.41, 5.74) is -0.536. The summed E-state index contributed by atoms with van der Waals surface area (Å²) in [5.74, 6) is 0.00664. The number of fused-ring (bicyclic) bond motifs is 2. The van der Waals surface area contributed by atoms with Crippen LogP contribution in [-0.4, -0.2) is 73.9 Å². The van der Waals surface area contributed by atoms with Gasteiger partial charge in [0.25, 0.3) is 0 Å². The van der Waals surface area contributed by atoms with Gasteiger partial charge >= 0.3 is 6.18 Å². The lowest BCUT2D eigenvalue weighted by atomic mass is 9.67. The zero-order valence-corrected chi connectivity index (χ0v) is 21.5. The van der Waals surface area contributed by atoms with Crippen LogP contribution in [-0.2, 0) is 6.42 Å². The maximum absolute atomic E-state index is 16.1. The van der Waals surface area contributed by atoms with Gasteiger partial charge in [-0.05, 0) is 68.5 Å². The van der Waals surface area contributed by atoms with E-state index in [1.807, 2.05) is 0 Å². The number of allylic oxidation sites excluding steroid dienone is 2. The quantitative estimate of drug-likeness (QED) is 0.466. The maximum atomic E-state index is 16.1. The molecule has 0 bridgehead atoms. The molecule has 1 aromatic rings. The van der Waals surface area contributed by atoms with Crippen LogP contribution in [0, 0.1) is 5.41 Å². The molecule has 5 nitrogen and oxygen atoms in total. The van der Waals surface area contributed by atoms with Crippen molar-refractivity contribution >= 4 is 0 Å². The van der Waals surface area contributed by atoms with Crippen molar-refractivity contribution in [3.63, 3.8) is 0 Å². The summed E-state index contributed by atoms with van der Waals surface area (Å²) >= 11 is 0. The van der Waals surface area contributed by atoms with E-state index in [9.17, 15) is 17.6 Å². The fourth-order valence-corrected chi connectivity index (χ4v) is 6.27. The number of nitrogens with one attached hydrogen (secondary N) is 1. The molecular formula is C27H33F6N3O2. The highest BCUT2D eigenvalue weighted by Gasteiger charge is 2.55. The van der Waals surface area contributed by atoms with E-state index in [1.165, 1.54) is 19.1 Å². The summed E-state index contributed by atoms with van der Waals surface area (Å²) in [5, 5.41) is 3.18. The van der Waals surface area contributed by atoms with Gasteiger partial charge in [-0.2, -0.15) is 13.2 Å². The number of hydrogen-bond donors (Lipinski definition) is 1. The maximum Gasteiger partial charge on any atom is 0.401 e. The van der Waals surface area contributed by atoms with Gasteiger partial charge in [-0.3, -0.25) is 9.29 Å². The molecule has 3 heterocycles. The fourth-order valence-electron chi connectivity index (χ4n) is 6.27. The van der Waals surface area contributed by atoms with Crippen molar-refractivity contribution < 1.29 is 35.8 Å². The van der Waals surface area contributed by atoms with Gasteiger partial charge < -0.3 is 19.7 Å². The van der Waals surface area contributed by atoms with Crippen molar-refractivity contribution in [3.05, 3.63) is 46.9 Å². The number of benzene rings is 1. The first-order valence-electron chi connectivity index (χ1n) is 13.0. The standard InChI is InChI=1S/C27H33F6N3O2/c1-16-8-17-9-21-22(38-15-37-21)12-20(17)25(36(16)14-27(31,32)33)26(2)23(29)10-19(11-24(26)30)34-18-4-7-35(13-18)6-3-5-28/h9-12,16,18,23,25,34H,3-8,13-15H2,1-2H3/t16-,18+,23?,25+,26?/m1/s1. The second kappa shape index (κ2) is 10.3. The predicted octanol–water partition coefficient (Wildman–Crippen LogP) is 5.38. The third kappa shape index (κ3) is 5.11. The Morgan fingerprint density at radius 2 is 1.92 bits per heavy atom. The van der Waals surface area contributed by atoms with Crippen LogP contribution < -0.4 is 14.8 Å². The number of hydrogen-bond acceptors (Lipinski definition) is 5. The largest absolute Gasteiger partial charge is 0.454 e. The molecule has 1 N–H and O–H groups in total.